The van der Waals surface area contributed by atoms with Crippen LogP contribution in [0.2, 0.25) is 0 Å². The number of nitrogens with zero attached hydrogens (tertiary/aromatic N) is 1. The van der Waals surface area contributed by atoms with Gasteiger partial charge in [-0.25, -0.2) is 9.59 Å². The molecule has 1 aliphatic heterocycles. The fourth-order valence-corrected chi connectivity index (χ4v) is 4.03. The zero-order valence-electron chi connectivity index (χ0n) is 13.2. The fourth-order valence-electron chi connectivity index (χ4n) is 2.87. The van der Waals surface area contributed by atoms with Crippen molar-refractivity contribution in [1.29, 1.82) is 0 Å². The van der Waals surface area contributed by atoms with Crippen LogP contribution in [0.15, 0.2) is 0 Å². The molecule has 0 aromatic rings. The SMILES string of the molecule is CC1SCC(C(=O)O)N1C(=O)NC(C)(C)CC(C)(C)C. The lowest BCUT2D eigenvalue weighted by atomic mass is 9.82. The number of nitrogens with one attached hydrogen (secondary N) is 1. The van der Waals surface area contributed by atoms with E-state index in [2.05, 4.69) is 26.1 Å². The summed E-state index contributed by atoms with van der Waals surface area (Å²) in [4.78, 5) is 25.1. The first-order valence-corrected chi connectivity index (χ1v) is 7.93. The van der Waals surface area contributed by atoms with Crippen molar-refractivity contribution < 1.29 is 14.7 Å². The number of amides is 2. The van der Waals surface area contributed by atoms with E-state index in [4.69, 9.17) is 0 Å². The van der Waals surface area contributed by atoms with Crippen LogP contribution in [-0.2, 0) is 4.79 Å². The summed E-state index contributed by atoms with van der Waals surface area (Å²) >= 11 is 1.49. The molecule has 1 aliphatic rings. The molecule has 1 rings (SSSR count). The Morgan fingerprint density at radius 1 is 1.30 bits per heavy atom. The second-order valence-electron chi connectivity index (χ2n) is 7.25. The quantitative estimate of drug-likeness (QED) is 0.841. The number of hydrogen-bond donors (Lipinski definition) is 2. The Hall–Kier alpha value is -0.910. The molecule has 0 saturated carbocycles. The number of thioether (sulfide) groups is 1. The Kier molecular flexibility index (Phi) is 5.00. The highest BCUT2D eigenvalue weighted by Gasteiger charge is 2.41. The molecule has 0 bridgehead atoms. The molecule has 2 amide bonds. The minimum absolute atomic E-state index is 0.0916. The van der Waals surface area contributed by atoms with Crippen molar-refractivity contribution >= 4 is 23.8 Å². The molecule has 1 saturated heterocycles. The first kappa shape index (κ1) is 17.1. The smallest absolute Gasteiger partial charge is 0.327 e. The Morgan fingerprint density at radius 2 is 1.85 bits per heavy atom. The second kappa shape index (κ2) is 5.84. The number of carbonyl (C=O) groups excluding carboxylic acids is 1. The predicted molar refractivity (Wildman–Crippen MR) is 81.9 cm³/mol. The predicted octanol–water partition coefficient (Wildman–Crippen LogP) is 2.76. The van der Waals surface area contributed by atoms with Crippen molar-refractivity contribution in [3.8, 4) is 0 Å². The lowest BCUT2D eigenvalue weighted by Gasteiger charge is -2.36. The molecule has 2 unspecified atom stereocenters. The maximum atomic E-state index is 12.4. The van der Waals surface area contributed by atoms with E-state index in [0.717, 1.165) is 6.42 Å². The van der Waals surface area contributed by atoms with Gasteiger partial charge >= 0.3 is 12.0 Å². The molecule has 2 atom stereocenters. The van der Waals surface area contributed by atoms with E-state index in [1.54, 1.807) is 0 Å². The van der Waals surface area contributed by atoms with Gasteiger partial charge in [0.1, 0.15) is 6.04 Å². The van der Waals surface area contributed by atoms with E-state index in [1.165, 1.54) is 16.7 Å². The highest BCUT2D eigenvalue weighted by Crippen LogP contribution is 2.31. The van der Waals surface area contributed by atoms with Crippen LogP contribution in [0.3, 0.4) is 0 Å². The number of urea groups is 1. The van der Waals surface area contributed by atoms with Crippen LogP contribution in [-0.4, -0.2) is 44.7 Å². The lowest BCUT2D eigenvalue weighted by molar-refractivity contribution is -0.141. The molecule has 0 radical (unpaired) electrons. The van der Waals surface area contributed by atoms with Crippen molar-refractivity contribution in [3.05, 3.63) is 0 Å². The van der Waals surface area contributed by atoms with Crippen LogP contribution >= 0.6 is 11.8 Å². The Labute approximate surface area is 125 Å². The van der Waals surface area contributed by atoms with Crippen LogP contribution < -0.4 is 5.32 Å². The average Bonchev–Trinajstić information content (AvgIpc) is 2.54. The van der Waals surface area contributed by atoms with Gasteiger partial charge in [0.15, 0.2) is 0 Å². The van der Waals surface area contributed by atoms with Crippen molar-refractivity contribution in [2.75, 3.05) is 5.75 Å². The lowest BCUT2D eigenvalue weighted by Crippen LogP contribution is -2.55. The third kappa shape index (κ3) is 4.58. The second-order valence-corrected chi connectivity index (χ2v) is 8.59. The summed E-state index contributed by atoms with van der Waals surface area (Å²) in [5, 5.41) is 12.1. The summed E-state index contributed by atoms with van der Waals surface area (Å²) in [6, 6.07) is -1.02. The zero-order valence-corrected chi connectivity index (χ0v) is 14.0. The highest BCUT2D eigenvalue weighted by atomic mass is 32.2. The van der Waals surface area contributed by atoms with Crippen LogP contribution in [0, 0.1) is 5.41 Å². The molecule has 116 valence electrons. The monoisotopic (exact) mass is 302 g/mol. The topological polar surface area (TPSA) is 69.6 Å². The molecule has 6 heteroatoms. The van der Waals surface area contributed by atoms with Crippen LogP contribution in [0.1, 0.15) is 48.0 Å². The molecular weight excluding hydrogens is 276 g/mol. The summed E-state index contributed by atoms with van der Waals surface area (Å²) in [7, 11) is 0. The highest BCUT2D eigenvalue weighted by molar-refractivity contribution is 8.00. The summed E-state index contributed by atoms with van der Waals surface area (Å²) in [5.41, 5.74) is -0.278. The van der Waals surface area contributed by atoms with Gasteiger partial charge in [-0.3, -0.25) is 4.90 Å². The van der Waals surface area contributed by atoms with Gasteiger partial charge in [-0.1, -0.05) is 20.8 Å². The third-order valence-electron chi connectivity index (χ3n) is 3.16. The maximum Gasteiger partial charge on any atom is 0.327 e. The Bertz CT molecular complexity index is 390. The standard InChI is InChI=1S/C14H26N2O3S/c1-9-16(10(7-20-9)11(17)18)12(19)15-14(5,6)8-13(2,3)4/h9-10H,7-8H2,1-6H3,(H,15,19)(H,17,18). The zero-order chi connectivity index (χ0) is 15.7. The molecule has 0 spiro atoms. The maximum absolute atomic E-state index is 12.4. The van der Waals surface area contributed by atoms with E-state index in [0.29, 0.717) is 5.75 Å². The molecule has 0 aromatic heterocycles. The van der Waals surface area contributed by atoms with Gasteiger partial charge in [-0.2, -0.15) is 0 Å². The van der Waals surface area contributed by atoms with Gasteiger partial charge < -0.3 is 10.4 Å². The van der Waals surface area contributed by atoms with E-state index >= 15 is 0 Å². The molecular formula is C14H26N2O3S. The van der Waals surface area contributed by atoms with Gasteiger partial charge in [0.05, 0.1) is 5.37 Å². The number of carboxylic acid groups (broad SMARTS) is 1. The number of aliphatic carboxylic acids is 1. The number of rotatable bonds is 3. The molecule has 0 aliphatic carbocycles. The number of hydrogen-bond acceptors (Lipinski definition) is 3. The normalized spacial score (nSPS) is 23.8. The molecule has 1 fully saturated rings. The summed E-state index contributed by atoms with van der Waals surface area (Å²) in [6.45, 7) is 12.2. The van der Waals surface area contributed by atoms with E-state index in [-0.39, 0.29) is 22.4 Å². The number of carboxylic acids is 1. The molecule has 0 aromatic carbocycles. The summed E-state index contributed by atoms with van der Waals surface area (Å²) in [6.07, 6.45) is 0.818. The third-order valence-corrected chi connectivity index (χ3v) is 4.38. The van der Waals surface area contributed by atoms with Crippen LogP contribution in [0.5, 0.6) is 0 Å². The van der Waals surface area contributed by atoms with Gasteiger partial charge in [0.2, 0.25) is 0 Å². The molecule has 1 heterocycles. The summed E-state index contributed by atoms with van der Waals surface area (Å²) < 4.78 is 0. The minimum Gasteiger partial charge on any atom is -0.480 e. The largest absolute Gasteiger partial charge is 0.480 e. The van der Waals surface area contributed by atoms with Crippen LogP contribution in [0.4, 0.5) is 4.79 Å². The van der Waals surface area contributed by atoms with Crippen molar-refractivity contribution in [1.82, 2.24) is 10.2 Å². The first-order valence-electron chi connectivity index (χ1n) is 6.88. The molecule has 5 nitrogen and oxygen atoms in total. The molecule has 20 heavy (non-hydrogen) atoms. The van der Waals surface area contributed by atoms with Gasteiger partial charge in [0, 0.05) is 11.3 Å². The number of carbonyl (C=O) groups is 2. The average molecular weight is 302 g/mol. The van der Waals surface area contributed by atoms with Crippen molar-refractivity contribution in [2.24, 2.45) is 5.41 Å². The van der Waals surface area contributed by atoms with Gasteiger partial charge in [-0.05, 0) is 32.6 Å². The first-order chi connectivity index (χ1) is 8.93. The minimum atomic E-state index is -0.939. The van der Waals surface area contributed by atoms with Gasteiger partial charge in [0.25, 0.3) is 0 Å². The van der Waals surface area contributed by atoms with E-state index in [9.17, 15) is 14.7 Å². The van der Waals surface area contributed by atoms with Gasteiger partial charge in [-0.15, -0.1) is 11.8 Å². The van der Waals surface area contributed by atoms with E-state index < -0.39 is 12.0 Å². The van der Waals surface area contributed by atoms with Crippen molar-refractivity contribution in [2.45, 2.75) is 64.9 Å². The van der Waals surface area contributed by atoms with Crippen LogP contribution in [0.25, 0.3) is 0 Å². The fraction of sp³-hybridized carbons (Fsp3) is 0.857. The molecule has 2 N–H and O–H groups in total. The van der Waals surface area contributed by atoms with Crippen molar-refractivity contribution in [3.63, 3.8) is 0 Å². The Morgan fingerprint density at radius 3 is 2.30 bits per heavy atom. The van der Waals surface area contributed by atoms with E-state index in [1.807, 2.05) is 20.8 Å². The summed E-state index contributed by atoms with van der Waals surface area (Å²) in [5.74, 6) is -0.491. The Balaban J connectivity index is 2.76.